The second-order valence-corrected chi connectivity index (χ2v) is 10.1. The third-order valence-corrected chi connectivity index (χ3v) is 7.47. The highest BCUT2D eigenvalue weighted by Gasteiger charge is 2.29. The quantitative estimate of drug-likeness (QED) is 0.583. The van der Waals surface area contributed by atoms with E-state index in [0.717, 1.165) is 61.2 Å². The van der Waals surface area contributed by atoms with Gasteiger partial charge in [-0.25, -0.2) is 4.98 Å². The first-order valence-corrected chi connectivity index (χ1v) is 12.8. The highest BCUT2D eigenvalue weighted by atomic mass is 16.2. The van der Waals surface area contributed by atoms with Crippen molar-refractivity contribution in [1.82, 2.24) is 19.4 Å². The molecule has 1 aliphatic heterocycles. The third kappa shape index (κ3) is 5.04. The lowest BCUT2D eigenvalue weighted by Crippen LogP contribution is -2.45. The smallest absolute Gasteiger partial charge is 0.253 e. The van der Waals surface area contributed by atoms with E-state index in [-0.39, 0.29) is 11.8 Å². The van der Waals surface area contributed by atoms with Crippen LogP contribution in [0.2, 0.25) is 0 Å². The van der Waals surface area contributed by atoms with Gasteiger partial charge >= 0.3 is 0 Å². The molecule has 7 nitrogen and oxygen atoms in total. The van der Waals surface area contributed by atoms with E-state index in [1.165, 1.54) is 19.3 Å². The van der Waals surface area contributed by atoms with Gasteiger partial charge in [0.05, 0.1) is 17.4 Å². The number of anilines is 1. The Labute approximate surface area is 207 Å². The van der Waals surface area contributed by atoms with Crippen molar-refractivity contribution in [3.8, 4) is 5.82 Å². The Bertz CT molecular complexity index is 1190. The van der Waals surface area contributed by atoms with E-state index in [9.17, 15) is 9.59 Å². The molecule has 2 aliphatic rings. The van der Waals surface area contributed by atoms with Crippen molar-refractivity contribution in [3.63, 3.8) is 0 Å². The van der Waals surface area contributed by atoms with Crippen LogP contribution in [0.15, 0.2) is 48.8 Å². The number of aromatic nitrogens is 2. The Morgan fingerprint density at radius 3 is 2.43 bits per heavy atom. The number of carbonyl (C=O) groups excluding carboxylic acids is 2. The van der Waals surface area contributed by atoms with Crippen LogP contribution >= 0.6 is 0 Å². The molecule has 0 spiro atoms. The zero-order valence-electron chi connectivity index (χ0n) is 20.7. The number of nitrogens with one attached hydrogen (secondary N) is 1. The van der Waals surface area contributed by atoms with Crippen LogP contribution in [0, 0.1) is 5.92 Å². The van der Waals surface area contributed by atoms with Gasteiger partial charge in [-0.15, -0.1) is 0 Å². The summed E-state index contributed by atoms with van der Waals surface area (Å²) in [5.74, 6) is 1.48. The van der Waals surface area contributed by atoms with Gasteiger partial charge in [-0.05, 0) is 62.1 Å². The van der Waals surface area contributed by atoms with Crippen molar-refractivity contribution in [2.24, 2.45) is 5.92 Å². The Hall–Kier alpha value is -3.35. The fourth-order valence-corrected chi connectivity index (χ4v) is 5.44. The maximum Gasteiger partial charge on any atom is 0.253 e. The fourth-order valence-electron chi connectivity index (χ4n) is 5.44. The summed E-state index contributed by atoms with van der Waals surface area (Å²) in [7, 11) is 3.52. The lowest BCUT2D eigenvalue weighted by molar-refractivity contribution is -0.137. The predicted molar refractivity (Wildman–Crippen MR) is 139 cm³/mol. The molecule has 0 radical (unpaired) electrons. The Kier molecular flexibility index (Phi) is 6.75. The summed E-state index contributed by atoms with van der Waals surface area (Å²) < 4.78 is 2.04. The highest BCUT2D eigenvalue weighted by Crippen LogP contribution is 2.27. The van der Waals surface area contributed by atoms with Gasteiger partial charge in [-0.1, -0.05) is 19.3 Å². The number of rotatable bonds is 5. The molecule has 2 aromatic heterocycles. The maximum atomic E-state index is 12.8. The molecule has 0 bridgehead atoms. The van der Waals surface area contributed by atoms with Gasteiger partial charge in [0.2, 0.25) is 5.91 Å². The van der Waals surface area contributed by atoms with E-state index in [1.54, 1.807) is 19.0 Å². The number of carbonyl (C=O) groups is 2. The van der Waals surface area contributed by atoms with Gasteiger partial charge in [-0.3, -0.25) is 9.59 Å². The molecule has 7 heteroatoms. The van der Waals surface area contributed by atoms with Gasteiger partial charge in [0.25, 0.3) is 5.91 Å². The summed E-state index contributed by atoms with van der Waals surface area (Å²) in [5, 5.41) is 4.62. The van der Waals surface area contributed by atoms with Crippen LogP contribution < -0.4 is 5.32 Å². The van der Waals surface area contributed by atoms with E-state index in [4.69, 9.17) is 0 Å². The zero-order valence-corrected chi connectivity index (χ0v) is 20.7. The maximum absolute atomic E-state index is 12.8. The van der Waals surface area contributed by atoms with Crippen LogP contribution in [0.3, 0.4) is 0 Å². The molecule has 0 unspecified atom stereocenters. The monoisotopic (exact) mass is 473 g/mol. The van der Waals surface area contributed by atoms with Gasteiger partial charge in [-0.2, -0.15) is 0 Å². The molecule has 1 saturated heterocycles. The molecule has 2 amide bonds. The Balaban J connectivity index is 1.19. The minimum Gasteiger partial charge on any atom is -0.381 e. The lowest BCUT2D eigenvalue weighted by Gasteiger charge is -2.35. The second-order valence-electron chi connectivity index (χ2n) is 10.1. The average Bonchev–Trinajstić information content (AvgIpc) is 3.32. The number of pyridine rings is 1. The molecule has 0 atom stereocenters. The van der Waals surface area contributed by atoms with Crippen LogP contribution in [0.1, 0.15) is 55.3 Å². The molecular formula is C28H35N5O2. The first-order valence-electron chi connectivity index (χ1n) is 12.8. The number of fused-ring (bicyclic) bond motifs is 1. The van der Waals surface area contributed by atoms with Crippen LogP contribution in [0.5, 0.6) is 0 Å². The molecule has 184 valence electrons. The second kappa shape index (κ2) is 10.1. The average molecular weight is 474 g/mol. The summed E-state index contributed by atoms with van der Waals surface area (Å²) in [6.07, 6.45) is 11.6. The molecule has 1 aromatic carbocycles. The first kappa shape index (κ1) is 23.4. The summed E-state index contributed by atoms with van der Waals surface area (Å²) in [5.41, 5.74) is 2.70. The highest BCUT2D eigenvalue weighted by molar-refractivity contribution is 5.98. The number of hydrogen-bond donors (Lipinski definition) is 1. The van der Waals surface area contributed by atoms with Crippen molar-refractivity contribution in [2.75, 3.05) is 32.5 Å². The first-order chi connectivity index (χ1) is 17.0. The van der Waals surface area contributed by atoms with Gasteiger partial charge in [0, 0.05) is 56.3 Å². The standard InChI is InChI=1S/C28H35N5O2/c1-31(2)27(34)22-8-10-25-21(18-22)12-17-33(25)26-11-9-24(19-29-26)30-23-13-15-32(16-14-23)28(35)20-6-4-3-5-7-20/h8-12,17-20,23,30H,3-7,13-16H2,1-2H3. The number of likely N-dealkylation sites (tertiary alicyclic amines) is 1. The Morgan fingerprint density at radius 2 is 1.74 bits per heavy atom. The molecule has 1 saturated carbocycles. The summed E-state index contributed by atoms with van der Waals surface area (Å²) in [4.78, 5) is 33.4. The number of piperidine rings is 1. The SMILES string of the molecule is CN(C)C(=O)c1ccc2c(ccn2-c2ccc(NC3CCN(C(=O)C4CCCCC4)CC3)cn2)c1. The van der Waals surface area contributed by atoms with Crippen molar-refractivity contribution in [2.45, 2.75) is 51.0 Å². The van der Waals surface area contributed by atoms with Gasteiger partial charge < -0.3 is 19.7 Å². The van der Waals surface area contributed by atoms with Gasteiger partial charge in [0.1, 0.15) is 5.82 Å². The zero-order chi connectivity index (χ0) is 24.4. The normalized spacial score (nSPS) is 17.5. The number of benzene rings is 1. The Morgan fingerprint density at radius 1 is 0.971 bits per heavy atom. The summed E-state index contributed by atoms with van der Waals surface area (Å²) >= 11 is 0. The minimum absolute atomic E-state index is 0.00242. The number of amides is 2. The molecule has 35 heavy (non-hydrogen) atoms. The van der Waals surface area contributed by atoms with Crippen molar-refractivity contribution < 1.29 is 9.59 Å². The van der Waals surface area contributed by atoms with E-state index >= 15 is 0 Å². The van der Waals surface area contributed by atoms with Crippen LogP contribution in [0.4, 0.5) is 5.69 Å². The summed E-state index contributed by atoms with van der Waals surface area (Å²) in [6, 6.07) is 12.2. The molecule has 1 aliphatic carbocycles. The van der Waals surface area contributed by atoms with Crippen LogP contribution in [0.25, 0.3) is 16.7 Å². The summed E-state index contributed by atoms with van der Waals surface area (Å²) in [6.45, 7) is 1.68. The van der Waals surface area contributed by atoms with E-state index in [0.29, 0.717) is 17.5 Å². The molecular weight excluding hydrogens is 438 g/mol. The van der Waals surface area contributed by atoms with Crippen molar-refractivity contribution in [1.29, 1.82) is 0 Å². The molecule has 3 aromatic rings. The number of nitrogens with zero attached hydrogens (tertiary/aromatic N) is 4. The molecule has 5 rings (SSSR count). The topological polar surface area (TPSA) is 70.5 Å². The fraction of sp³-hybridized carbons (Fsp3) is 0.464. The van der Waals surface area contributed by atoms with E-state index < -0.39 is 0 Å². The van der Waals surface area contributed by atoms with Crippen LogP contribution in [-0.4, -0.2) is 64.4 Å². The molecule has 3 heterocycles. The van der Waals surface area contributed by atoms with E-state index in [1.807, 2.05) is 47.3 Å². The molecule has 1 N–H and O–H groups in total. The lowest BCUT2D eigenvalue weighted by atomic mass is 9.87. The minimum atomic E-state index is -0.00242. The van der Waals surface area contributed by atoms with E-state index in [2.05, 4.69) is 21.3 Å². The predicted octanol–water partition coefficient (Wildman–Crippen LogP) is 4.71. The van der Waals surface area contributed by atoms with Crippen molar-refractivity contribution >= 4 is 28.4 Å². The van der Waals surface area contributed by atoms with Gasteiger partial charge in [0.15, 0.2) is 0 Å². The van der Waals surface area contributed by atoms with Crippen LogP contribution in [-0.2, 0) is 4.79 Å². The largest absolute Gasteiger partial charge is 0.381 e. The van der Waals surface area contributed by atoms with Crippen molar-refractivity contribution in [3.05, 3.63) is 54.4 Å². The third-order valence-electron chi connectivity index (χ3n) is 7.47. The molecule has 2 fully saturated rings. The number of hydrogen-bond acceptors (Lipinski definition) is 4.